The highest BCUT2D eigenvalue weighted by atomic mass is 35.6. The fourth-order valence-electron chi connectivity index (χ4n) is 2.72. The summed E-state index contributed by atoms with van der Waals surface area (Å²) in [5, 5.41) is 18.0. The van der Waals surface area contributed by atoms with Gasteiger partial charge in [-0.05, 0) is 0 Å². The number of aliphatic hydroxyl groups is 2. The minimum absolute atomic E-state index is 0. The van der Waals surface area contributed by atoms with Gasteiger partial charge in [0.05, 0.1) is 6.61 Å². The number of hydrogen-bond donors (Lipinski definition) is 4. The van der Waals surface area contributed by atoms with Gasteiger partial charge in [0.25, 0.3) is 0 Å². The highest BCUT2D eigenvalue weighted by molar-refractivity contribution is 6.56. The van der Waals surface area contributed by atoms with Crippen LogP contribution in [0.3, 0.4) is 0 Å². The highest BCUT2D eigenvalue weighted by Crippen LogP contribution is 2.12. The first-order chi connectivity index (χ1) is 35.0. The van der Waals surface area contributed by atoms with Gasteiger partial charge in [0.2, 0.25) is 38.7 Å². The molecule has 78 heavy (non-hydrogen) atoms. The van der Waals surface area contributed by atoms with Crippen LogP contribution in [0.15, 0.2) is 0 Å². The lowest BCUT2D eigenvalue weighted by Crippen LogP contribution is -2.36. The monoisotopic (exact) mass is 1450 g/mol. The molecule has 0 saturated heterocycles. The van der Waals surface area contributed by atoms with E-state index in [1.165, 1.54) is 0 Å². The van der Waals surface area contributed by atoms with E-state index in [2.05, 4.69) is 58.8 Å². The second-order valence-electron chi connectivity index (χ2n) is 11.5. The first-order valence-corrected chi connectivity index (χ1v) is 25.9. The molecule has 0 spiro atoms. The molecule has 458 valence electrons. The first kappa shape index (κ1) is 90.0. The molecule has 0 fully saturated rings. The van der Waals surface area contributed by atoms with Crippen LogP contribution in [0.25, 0.3) is 0 Å². The van der Waals surface area contributed by atoms with E-state index in [9.17, 15) is 62.6 Å². The predicted molar refractivity (Wildman–Crippen MR) is 287 cm³/mol. The van der Waals surface area contributed by atoms with Crippen LogP contribution in [0.5, 0.6) is 0 Å². The van der Waals surface area contributed by atoms with E-state index in [4.69, 9.17) is 191 Å². The van der Waals surface area contributed by atoms with E-state index in [0.29, 0.717) is 0 Å². The number of aliphatic hydroxyl groups excluding tert-OH is 2. The first-order valence-electron chi connectivity index (χ1n) is 18.9. The van der Waals surface area contributed by atoms with Crippen molar-refractivity contribution in [2.24, 2.45) is 11.5 Å². The van der Waals surface area contributed by atoms with Crippen molar-refractivity contribution in [2.75, 3.05) is 52.9 Å². The van der Waals surface area contributed by atoms with Crippen LogP contribution in [0.4, 0.5) is 0 Å². The average Bonchev–Trinajstić information content (AvgIpc) is 3.34. The number of ether oxygens (including phenoxy) is 10. The Bertz CT molecular complexity index is 1770. The Hall–Kier alpha value is -1.80. The fraction of sp³-hybridized carbons (Fsp3) is 0.667. The van der Waals surface area contributed by atoms with E-state index < -0.39 is 187 Å². The molecule has 0 heterocycles. The molecule has 2 unspecified atom stereocenters. The van der Waals surface area contributed by atoms with Crippen molar-refractivity contribution in [1.29, 1.82) is 0 Å². The lowest BCUT2D eigenvalue weighted by molar-refractivity contribution is -0.168. The molecule has 2 amide bonds. The lowest BCUT2D eigenvalue weighted by Gasteiger charge is -2.18. The third-order valence-corrected chi connectivity index (χ3v) is 8.60. The summed E-state index contributed by atoms with van der Waals surface area (Å²) in [5.74, 6) is -13.4. The van der Waals surface area contributed by atoms with Gasteiger partial charge in [-0.3, -0.25) is 9.59 Å². The van der Waals surface area contributed by atoms with Crippen LogP contribution in [-0.2, 0) is 105 Å². The van der Waals surface area contributed by atoms with Gasteiger partial charge >= 0.3 is 71.5 Å². The molecule has 0 aliphatic carbocycles. The van der Waals surface area contributed by atoms with Crippen molar-refractivity contribution in [3.8, 4) is 0 Å². The zero-order chi connectivity index (χ0) is 60.6. The summed E-state index contributed by atoms with van der Waals surface area (Å²) in [7, 11) is 0. The predicted octanol–water partition coefficient (Wildman–Crippen LogP) is 4.54. The van der Waals surface area contributed by atoms with E-state index in [1.807, 2.05) is 13.8 Å². The number of alkyl halides is 16. The minimum Gasteiger partial charge on any atom is -0.461 e. The molecule has 0 rings (SSSR count). The molecule has 0 aromatic carbocycles. The molecule has 0 aromatic heterocycles. The van der Waals surface area contributed by atoms with E-state index >= 15 is 0 Å². The van der Waals surface area contributed by atoms with Crippen molar-refractivity contribution in [1.82, 2.24) is 0 Å². The molecular weight excluding hydrogens is 1410 g/mol. The molecule has 0 saturated carbocycles. The molecule has 0 bridgehead atoms. The molecule has 0 aromatic rings. The topological polar surface area (TPSA) is 390 Å². The van der Waals surface area contributed by atoms with E-state index in [0.717, 1.165) is 0 Å². The zero-order valence-corrected chi connectivity index (χ0v) is 49.8. The van der Waals surface area contributed by atoms with Crippen LogP contribution < -0.4 is 11.5 Å². The number of amides is 2. The number of esters is 10. The van der Waals surface area contributed by atoms with Gasteiger partial charge < -0.3 is 69.0 Å². The SMILES string of the molecule is C.C.CC.NC(=O)C(=O)OC(COC(=O)C(Cl)Cl)COC(=O)C(Cl)Cl.NC(=O)C(=O)OCC(COC(=O)C(Cl)Cl)OC(=O)C(Cl)Cl.O=C(OCC(CO)OC(=O)C(Cl)Cl)C(Cl)Cl.O=C(OCC(O)COC(=O)C(Cl)Cl)C(Cl)Cl. The van der Waals surface area contributed by atoms with Crippen molar-refractivity contribution >= 4 is 257 Å². The molecule has 0 aliphatic heterocycles. The van der Waals surface area contributed by atoms with E-state index in [1.54, 1.807) is 0 Å². The van der Waals surface area contributed by atoms with Gasteiger partial charge in [0.1, 0.15) is 52.4 Å². The van der Waals surface area contributed by atoms with Crippen molar-refractivity contribution in [3.63, 3.8) is 0 Å². The van der Waals surface area contributed by atoms with Crippen LogP contribution >= 0.6 is 186 Å². The Labute approximate surface area is 524 Å². The fourth-order valence-corrected chi connectivity index (χ4v) is 3.68. The maximum absolute atomic E-state index is 11.2. The molecule has 26 nitrogen and oxygen atoms in total. The normalized spacial score (nSPS) is 11.0. The lowest BCUT2D eigenvalue weighted by atomic mass is 10.4. The number of hydrogen-bond acceptors (Lipinski definition) is 24. The van der Waals surface area contributed by atoms with Crippen molar-refractivity contribution in [3.05, 3.63) is 0 Å². The van der Waals surface area contributed by atoms with Gasteiger partial charge in [-0.1, -0.05) is 214 Å². The molecule has 42 heteroatoms. The largest absolute Gasteiger partial charge is 0.461 e. The summed E-state index contributed by atoms with van der Waals surface area (Å²) in [5.41, 5.74) is 9.33. The summed E-state index contributed by atoms with van der Waals surface area (Å²) >= 11 is 83.3. The molecule has 0 radical (unpaired) electrons. The van der Waals surface area contributed by atoms with Gasteiger partial charge in [0, 0.05) is 0 Å². The number of halogens is 16. The van der Waals surface area contributed by atoms with Crippen LogP contribution in [0.1, 0.15) is 28.7 Å². The molecule has 6 N–H and O–H groups in total. The summed E-state index contributed by atoms with van der Waals surface area (Å²) < 4.78 is 45.3. The van der Waals surface area contributed by atoms with Crippen LogP contribution in [-0.4, -0.2) is 198 Å². The summed E-state index contributed by atoms with van der Waals surface area (Å²) in [6.07, 6.45) is -4.87. The molecular formula is C36H48Cl16N2O24. The van der Waals surface area contributed by atoms with Crippen molar-refractivity contribution < 1.29 is 115 Å². The van der Waals surface area contributed by atoms with Gasteiger partial charge in [-0.2, -0.15) is 0 Å². The third-order valence-electron chi connectivity index (χ3n) is 5.75. The minimum atomic E-state index is -1.51. The second-order valence-corrected chi connectivity index (χ2v) is 20.3. The Balaban J connectivity index is -0.000000170. The number of carbonyl (C=O) groups excluding carboxylic acids is 12. The Morgan fingerprint density at radius 2 is 0.538 bits per heavy atom. The maximum atomic E-state index is 11.2. The Morgan fingerprint density at radius 3 is 0.769 bits per heavy atom. The second kappa shape index (κ2) is 53.2. The molecule has 2 atom stereocenters. The average molecular weight is 1460 g/mol. The van der Waals surface area contributed by atoms with Gasteiger partial charge in [-0.25, -0.2) is 47.9 Å². The Morgan fingerprint density at radius 1 is 0.333 bits per heavy atom. The van der Waals surface area contributed by atoms with Crippen LogP contribution in [0.2, 0.25) is 0 Å². The maximum Gasteiger partial charge on any atom is 0.397 e. The Kier molecular flexibility index (Phi) is 61.4. The number of nitrogens with two attached hydrogens (primary N) is 2. The van der Waals surface area contributed by atoms with Gasteiger partial charge in [0.15, 0.2) is 18.3 Å². The number of carbonyl (C=O) groups is 12. The summed E-state index contributed by atoms with van der Waals surface area (Å²) in [4.78, 5) is 119. The number of rotatable bonds is 26. The quantitative estimate of drug-likeness (QED) is 0.0400. The zero-order valence-electron chi connectivity index (χ0n) is 37.7. The van der Waals surface area contributed by atoms with Gasteiger partial charge in [-0.15, -0.1) is 0 Å². The highest BCUT2D eigenvalue weighted by Gasteiger charge is 2.27. The standard InChI is InChI=1S/2C9H9Cl4NO7.2C7H8Cl4O5.C2H6.2CH4/c10-4(11)7(16)19-1-3(21-8(17)5(12)13)2-20-9(18)6(14)15;10-4(11)7(16)19-1-3(21-9(18)6(14)15)2-20-8(17)5(12)13;8-4(9)6(13)15-1-3(12)2-16-7(14)5(10)11;8-4(9)6(13)15-2-3(1-12)16-7(14)5(10)11;1-2;;/h2*3-5H,1-2H2,(H2,14,15);2*3-5,12H,1-2H2;1-2H3;2*1H4. The van der Waals surface area contributed by atoms with Crippen LogP contribution in [0, 0.1) is 0 Å². The summed E-state index contributed by atoms with van der Waals surface area (Å²) in [6.45, 7) is -0.128. The third kappa shape index (κ3) is 52.3. The van der Waals surface area contributed by atoms with Crippen molar-refractivity contribution in [2.45, 2.75) is 91.8 Å². The molecule has 0 aliphatic rings. The smallest absolute Gasteiger partial charge is 0.397 e. The summed E-state index contributed by atoms with van der Waals surface area (Å²) in [6, 6.07) is 0. The number of primary amides is 2. The van der Waals surface area contributed by atoms with E-state index in [-0.39, 0.29) is 14.9 Å².